The Labute approximate surface area is 99.0 Å². The number of hydrogen-bond acceptors (Lipinski definition) is 4. The molecule has 0 amide bonds. The number of nitrogens with zero attached hydrogens (tertiary/aromatic N) is 1. The topological polar surface area (TPSA) is 44.7 Å². The van der Waals surface area contributed by atoms with Gasteiger partial charge in [-0.1, -0.05) is 12.8 Å². The Kier molecular flexibility index (Phi) is 6.96. The lowest BCUT2D eigenvalue weighted by Crippen LogP contribution is -2.36. The van der Waals surface area contributed by atoms with E-state index in [9.17, 15) is 5.11 Å². The fraction of sp³-hybridized carbons (Fsp3) is 1.00. The number of hydrogen-bond donors (Lipinski definition) is 2. The SMILES string of the molecule is CN(C)CC(O)CNCCOC1CCCC1. The van der Waals surface area contributed by atoms with Crippen molar-refractivity contribution < 1.29 is 9.84 Å². The molecule has 0 radical (unpaired) electrons. The van der Waals surface area contributed by atoms with Crippen LogP contribution in [0.15, 0.2) is 0 Å². The van der Waals surface area contributed by atoms with Crippen LogP contribution in [-0.2, 0) is 4.74 Å². The molecule has 1 atom stereocenters. The van der Waals surface area contributed by atoms with Crippen LogP contribution in [0.3, 0.4) is 0 Å². The zero-order valence-corrected chi connectivity index (χ0v) is 10.6. The Bertz CT molecular complexity index is 170. The van der Waals surface area contributed by atoms with Gasteiger partial charge in [0, 0.05) is 19.6 Å². The van der Waals surface area contributed by atoms with Gasteiger partial charge >= 0.3 is 0 Å². The molecular weight excluding hydrogens is 204 g/mol. The summed E-state index contributed by atoms with van der Waals surface area (Å²) in [7, 11) is 3.93. The average molecular weight is 230 g/mol. The molecule has 0 spiro atoms. The number of aliphatic hydroxyl groups is 1. The van der Waals surface area contributed by atoms with Crippen LogP contribution >= 0.6 is 0 Å². The largest absolute Gasteiger partial charge is 0.390 e. The van der Waals surface area contributed by atoms with Crippen molar-refractivity contribution in [2.45, 2.75) is 37.9 Å². The second-order valence-electron chi connectivity index (χ2n) is 4.90. The summed E-state index contributed by atoms with van der Waals surface area (Å²) in [5, 5.41) is 12.8. The molecule has 16 heavy (non-hydrogen) atoms. The van der Waals surface area contributed by atoms with E-state index >= 15 is 0 Å². The van der Waals surface area contributed by atoms with E-state index in [-0.39, 0.29) is 6.10 Å². The van der Waals surface area contributed by atoms with Gasteiger partial charge in [-0.2, -0.15) is 0 Å². The van der Waals surface area contributed by atoms with Crippen molar-refractivity contribution in [2.24, 2.45) is 0 Å². The molecule has 0 aromatic rings. The number of rotatable bonds is 8. The van der Waals surface area contributed by atoms with E-state index in [1.165, 1.54) is 25.7 Å². The predicted octanol–water partition coefficient (Wildman–Crippen LogP) is 0.458. The molecule has 4 nitrogen and oxygen atoms in total. The van der Waals surface area contributed by atoms with E-state index in [1.807, 2.05) is 19.0 Å². The molecule has 1 aliphatic rings. The number of likely N-dealkylation sites (N-methyl/N-ethyl adjacent to an activating group) is 1. The highest BCUT2D eigenvalue weighted by atomic mass is 16.5. The van der Waals surface area contributed by atoms with Gasteiger partial charge in [0.15, 0.2) is 0 Å². The highest BCUT2D eigenvalue weighted by Gasteiger charge is 2.14. The van der Waals surface area contributed by atoms with Gasteiger partial charge in [0.05, 0.1) is 18.8 Å². The molecule has 1 aliphatic carbocycles. The molecule has 96 valence electrons. The maximum atomic E-state index is 9.59. The van der Waals surface area contributed by atoms with Gasteiger partial charge in [0.25, 0.3) is 0 Å². The smallest absolute Gasteiger partial charge is 0.0791 e. The summed E-state index contributed by atoms with van der Waals surface area (Å²) in [6.45, 7) is 2.95. The summed E-state index contributed by atoms with van der Waals surface area (Å²) in [4.78, 5) is 1.99. The van der Waals surface area contributed by atoms with Crippen molar-refractivity contribution in [3.05, 3.63) is 0 Å². The molecular formula is C12H26N2O2. The molecule has 4 heteroatoms. The number of ether oxygens (including phenoxy) is 1. The molecule has 0 aliphatic heterocycles. The first-order valence-electron chi connectivity index (χ1n) is 6.33. The second-order valence-corrected chi connectivity index (χ2v) is 4.90. The normalized spacial score (nSPS) is 19.5. The minimum Gasteiger partial charge on any atom is -0.390 e. The first-order valence-corrected chi connectivity index (χ1v) is 6.33. The van der Waals surface area contributed by atoms with Crippen molar-refractivity contribution in [3.8, 4) is 0 Å². The molecule has 1 saturated carbocycles. The Hall–Kier alpha value is -0.160. The van der Waals surface area contributed by atoms with Crippen molar-refractivity contribution in [2.75, 3.05) is 40.3 Å². The third-order valence-electron chi connectivity index (χ3n) is 2.89. The average Bonchev–Trinajstić information content (AvgIpc) is 2.68. The Balaban J connectivity index is 1.87. The minimum absolute atomic E-state index is 0.290. The third-order valence-corrected chi connectivity index (χ3v) is 2.89. The third kappa shape index (κ3) is 6.43. The van der Waals surface area contributed by atoms with Crippen LogP contribution in [0.5, 0.6) is 0 Å². The predicted molar refractivity (Wildman–Crippen MR) is 65.6 cm³/mol. The van der Waals surface area contributed by atoms with E-state index in [4.69, 9.17) is 4.74 Å². The maximum absolute atomic E-state index is 9.59. The van der Waals surface area contributed by atoms with Crippen LogP contribution in [0.2, 0.25) is 0 Å². The summed E-state index contributed by atoms with van der Waals surface area (Å²) >= 11 is 0. The Morgan fingerprint density at radius 2 is 2.06 bits per heavy atom. The van der Waals surface area contributed by atoms with Crippen LogP contribution in [0.4, 0.5) is 0 Å². The monoisotopic (exact) mass is 230 g/mol. The Morgan fingerprint density at radius 1 is 1.38 bits per heavy atom. The molecule has 0 aromatic heterocycles. The molecule has 0 aromatic carbocycles. The zero-order valence-electron chi connectivity index (χ0n) is 10.6. The van der Waals surface area contributed by atoms with Crippen molar-refractivity contribution in [1.82, 2.24) is 10.2 Å². The molecule has 1 fully saturated rings. The van der Waals surface area contributed by atoms with E-state index in [1.54, 1.807) is 0 Å². The molecule has 2 N–H and O–H groups in total. The van der Waals surface area contributed by atoms with E-state index in [2.05, 4.69) is 5.32 Å². The van der Waals surface area contributed by atoms with Crippen LogP contribution < -0.4 is 5.32 Å². The summed E-state index contributed by atoms with van der Waals surface area (Å²) in [6, 6.07) is 0. The van der Waals surface area contributed by atoms with Gasteiger partial charge in [-0.25, -0.2) is 0 Å². The lowest BCUT2D eigenvalue weighted by Gasteiger charge is -2.17. The first kappa shape index (κ1) is 13.9. The van der Waals surface area contributed by atoms with E-state index < -0.39 is 0 Å². The molecule has 0 heterocycles. The van der Waals surface area contributed by atoms with Crippen LogP contribution in [0, 0.1) is 0 Å². The van der Waals surface area contributed by atoms with Crippen molar-refractivity contribution in [3.63, 3.8) is 0 Å². The Morgan fingerprint density at radius 3 is 2.69 bits per heavy atom. The highest BCUT2D eigenvalue weighted by Crippen LogP contribution is 2.20. The fourth-order valence-electron chi connectivity index (χ4n) is 2.11. The lowest BCUT2D eigenvalue weighted by molar-refractivity contribution is 0.0577. The van der Waals surface area contributed by atoms with Crippen LogP contribution in [0.25, 0.3) is 0 Å². The lowest BCUT2D eigenvalue weighted by atomic mass is 10.3. The van der Waals surface area contributed by atoms with Crippen molar-refractivity contribution >= 4 is 0 Å². The molecule has 0 saturated heterocycles. The number of aliphatic hydroxyl groups excluding tert-OH is 1. The second kappa shape index (κ2) is 8.01. The number of nitrogens with one attached hydrogen (secondary N) is 1. The summed E-state index contributed by atoms with van der Waals surface area (Å²) in [6.07, 6.45) is 5.29. The van der Waals surface area contributed by atoms with Gasteiger partial charge in [-0.05, 0) is 26.9 Å². The molecule has 1 rings (SSSR count). The van der Waals surface area contributed by atoms with Gasteiger partial charge in [-0.15, -0.1) is 0 Å². The van der Waals surface area contributed by atoms with Crippen LogP contribution in [-0.4, -0.2) is 62.6 Å². The van der Waals surface area contributed by atoms with E-state index in [0.29, 0.717) is 19.2 Å². The van der Waals surface area contributed by atoms with E-state index in [0.717, 1.165) is 13.2 Å². The fourth-order valence-corrected chi connectivity index (χ4v) is 2.11. The first-order chi connectivity index (χ1) is 7.68. The van der Waals surface area contributed by atoms with Crippen LogP contribution in [0.1, 0.15) is 25.7 Å². The minimum atomic E-state index is -0.290. The van der Waals surface area contributed by atoms with Gasteiger partial charge in [-0.3, -0.25) is 0 Å². The summed E-state index contributed by atoms with van der Waals surface area (Å²) in [5.41, 5.74) is 0. The molecule has 1 unspecified atom stereocenters. The molecule has 0 bridgehead atoms. The maximum Gasteiger partial charge on any atom is 0.0791 e. The quantitative estimate of drug-likeness (QED) is 0.595. The van der Waals surface area contributed by atoms with Gasteiger partial charge in [0.1, 0.15) is 0 Å². The van der Waals surface area contributed by atoms with Crippen molar-refractivity contribution in [1.29, 1.82) is 0 Å². The summed E-state index contributed by atoms with van der Waals surface area (Å²) in [5.74, 6) is 0. The highest BCUT2D eigenvalue weighted by molar-refractivity contribution is 4.67. The van der Waals surface area contributed by atoms with Gasteiger partial charge in [0.2, 0.25) is 0 Å². The standard InChI is InChI=1S/C12H26N2O2/c1-14(2)10-11(15)9-13-7-8-16-12-5-3-4-6-12/h11-13,15H,3-10H2,1-2H3. The van der Waals surface area contributed by atoms with Gasteiger partial charge < -0.3 is 20.1 Å². The summed E-state index contributed by atoms with van der Waals surface area (Å²) < 4.78 is 5.71. The zero-order chi connectivity index (χ0) is 11.8.